The zero-order valence-electron chi connectivity index (χ0n) is 9.89. The minimum absolute atomic E-state index is 0.943. The van der Waals surface area contributed by atoms with Crippen LogP contribution in [0.3, 0.4) is 0 Å². The van der Waals surface area contributed by atoms with Crippen molar-refractivity contribution in [3.8, 4) is 0 Å². The van der Waals surface area contributed by atoms with Gasteiger partial charge in [0.2, 0.25) is 0 Å². The lowest BCUT2D eigenvalue weighted by Gasteiger charge is -2.23. The van der Waals surface area contributed by atoms with Gasteiger partial charge in [-0.25, -0.2) is 0 Å². The average molecular weight is 270 g/mol. The summed E-state index contributed by atoms with van der Waals surface area (Å²) in [6.07, 6.45) is 1.20. The van der Waals surface area contributed by atoms with Crippen molar-refractivity contribution < 1.29 is 0 Å². The van der Waals surface area contributed by atoms with Crippen molar-refractivity contribution in [2.75, 3.05) is 18.0 Å². The lowest BCUT2D eigenvalue weighted by Crippen LogP contribution is -2.23. The minimum Gasteiger partial charge on any atom is -0.372 e. The topological polar surface area (TPSA) is 3.24 Å². The van der Waals surface area contributed by atoms with E-state index < -0.39 is 0 Å². The second-order valence-electron chi connectivity index (χ2n) is 3.82. The van der Waals surface area contributed by atoms with E-state index in [4.69, 9.17) is 0 Å². The summed E-state index contributed by atoms with van der Waals surface area (Å²) in [6, 6.07) is 6.73. The molecule has 1 aromatic carbocycles. The molecule has 1 aromatic rings. The van der Waals surface area contributed by atoms with Gasteiger partial charge in [-0.15, -0.1) is 0 Å². The van der Waals surface area contributed by atoms with Gasteiger partial charge in [-0.3, -0.25) is 0 Å². The van der Waals surface area contributed by atoms with Crippen molar-refractivity contribution in [3.05, 3.63) is 29.3 Å². The van der Waals surface area contributed by atoms with Gasteiger partial charge in [-0.05, 0) is 43.5 Å². The molecule has 0 heterocycles. The normalized spacial score (nSPS) is 10.4. The molecular weight excluding hydrogens is 250 g/mol. The molecule has 0 bridgehead atoms. The molecule has 1 rings (SSSR count). The smallest absolute Gasteiger partial charge is 0.0368 e. The van der Waals surface area contributed by atoms with Gasteiger partial charge < -0.3 is 4.90 Å². The summed E-state index contributed by atoms with van der Waals surface area (Å²) < 4.78 is 0. The van der Waals surface area contributed by atoms with Crippen molar-refractivity contribution in [2.24, 2.45) is 0 Å². The number of aryl methyl sites for hydroxylation is 1. The van der Waals surface area contributed by atoms with Crippen LogP contribution in [0.2, 0.25) is 0 Å². The number of halogens is 1. The Morgan fingerprint density at radius 2 is 2.00 bits per heavy atom. The van der Waals surface area contributed by atoms with Gasteiger partial charge in [0, 0.05) is 24.1 Å². The molecule has 1 nitrogen and oxygen atoms in total. The number of alkyl halides is 1. The monoisotopic (exact) mass is 269 g/mol. The van der Waals surface area contributed by atoms with Gasteiger partial charge in [0.1, 0.15) is 0 Å². The third kappa shape index (κ3) is 3.23. The fraction of sp³-hybridized carbons (Fsp3) is 0.538. The van der Waals surface area contributed by atoms with Crippen molar-refractivity contribution in [1.82, 2.24) is 0 Å². The molecule has 0 aliphatic heterocycles. The third-order valence-electron chi connectivity index (χ3n) is 2.71. The van der Waals surface area contributed by atoms with Gasteiger partial charge >= 0.3 is 0 Å². The molecule has 0 atom stereocenters. The van der Waals surface area contributed by atoms with E-state index in [2.05, 4.69) is 59.8 Å². The van der Waals surface area contributed by atoms with Crippen LogP contribution in [0.1, 0.15) is 31.4 Å². The minimum atomic E-state index is 0.943. The maximum absolute atomic E-state index is 3.50. The third-order valence-corrected chi connectivity index (χ3v) is 3.31. The Morgan fingerprint density at radius 1 is 1.27 bits per heavy atom. The summed E-state index contributed by atoms with van der Waals surface area (Å²) in [5.74, 6) is 0. The van der Waals surface area contributed by atoms with E-state index in [9.17, 15) is 0 Å². The number of nitrogens with zero attached hydrogens (tertiary/aromatic N) is 1. The van der Waals surface area contributed by atoms with Crippen LogP contribution < -0.4 is 4.90 Å². The Labute approximate surface area is 102 Å². The molecular formula is C13H20BrN. The van der Waals surface area contributed by atoms with E-state index in [1.807, 2.05) is 0 Å². The van der Waals surface area contributed by atoms with Crippen LogP contribution in [-0.4, -0.2) is 13.1 Å². The molecule has 0 aliphatic rings. The zero-order chi connectivity index (χ0) is 11.3. The van der Waals surface area contributed by atoms with Gasteiger partial charge in [-0.2, -0.15) is 0 Å². The van der Waals surface area contributed by atoms with E-state index in [1.165, 1.54) is 23.2 Å². The fourth-order valence-electron chi connectivity index (χ4n) is 1.77. The molecule has 0 unspecified atom stereocenters. The Hall–Kier alpha value is -0.500. The van der Waals surface area contributed by atoms with E-state index in [0.29, 0.717) is 0 Å². The molecule has 0 spiro atoms. The highest BCUT2D eigenvalue weighted by atomic mass is 79.9. The quantitative estimate of drug-likeness (QED) is 0.727. The molecule has 0 saturated heterocycles. The maximum Gasteiger partial charge on any atom is 0.0368 e. The van der Waals surface area contributed by atoms with Crippen molar-refractivity contribution in [3.63, 3.8) is 0 Å². The van der Waals surface area contributed by atoms with Crippen LogP contribution in [0, 0.1) is 6.92 Å². The Bertz CT molecular complexity index is 309. The summed E-state index contributed by atoms with van der Waals surface area (Å²) in [5, 5.41) is 0.943. The molecule has 0 fully saturated rings. The second kappa shape index (κ2) is 6.16. The molecule has 84 valence electrons. The Balaban J connectivity index is 2.89. The van der Waals surface area contributed by atoms with Crippen LogP contribution in [0.4, 0.5) is 5.69 Å². The van der Waals surface area contributed by atoms with Gasteiger partial charge in [0.15, 0.2) is 0 Å². The van der Waals surface area contributed by atoms with E-state index in [0.717, 1.165) is 18.4 Å². The summed E-state index contributed by atoms with van der Waals surface area (Å²) in [6.45, 7) is 8.84. The van der Waals surface area contributed by atoms with Crippen molar-refractivity contribution in [2.45, 2.75) is 32.5 Å². The van der Waals surface area contributed by atoms with E-state index >= 15 is 0 Å². The number of hydrogen-bond donors (Lipinski definition) is 0. The number of hydrogen-bond acceptors (Lipinski definition) is 1. The number of rotatable bonds is 5. The fourth-order valence-corrected chi connectivity index (χ4v) is 2.40. The van der Waals surface area contributed by atoms with Crippen LogP contribution in [0.25, 0.3) is 0 Å². The highest BCUT2D eigenvalue weighted by molar-refractivity contribution is 9.08. The summed E-state index contributed by atoms with van der Waals surface area (Å²) in [5.41, 5.74) is 4.10. The molecule has 0 aliphatic carbocycles. The predicted molar refractivity (Wildman–Crippen MR) is 72.0 cm³/mol. The van der Waals surface area contributed by atoms with Crippen LogP contribution in [0.5, 0.6) is 0 Å². The Kier molecular flexibility index (Phi) is 5.16. The lowest BCUT2D eigenvalue weighted by atomic mass is 10.1. The second-order valence-corrected chi connectivity index (χ2v) is 4.38. The lowest BCUT2D eigenvalue weighted by molar-refractivity contribution is 0.791. The average Bonchev–Trinajstić information content (AvgIpc) is 2.25. The zero-order valence-corrected chi connectivity index (χ0v) is 11.5. The van der Waals surface area contributed by atoms with Crippen molar-refractivity contribution >= 4 is 21.6 Å². The van der Waals surface area contributed by atoms with Crippen LogP contribution in [-0.2, 0) is 5.33 Å². The SMILES string of the molecule is CCCN(CC)c1ccc(CBr)c(C)c1. The molecule has 2 heteroatoms. The first-order valence-corrected chi connectivity index (χ1v) is 6.75. The Morgan fingerprint density at radius 3 is 2.47 bits per heavy atom. The van der Waals surface area contributed by atoms with Crippen LogP contribution in [0.15, 0.2) is 18.2 Å². The molecule has 0 radical (unpaired) electrons. The molecule has 0 N–H and O–H groups in total. The van der Waals surface area contributed by atoms with E-state index in [-0.39, 0.29) is 0 Å². The van der Waals surface area contributed by atoms with Crippen LogP contribution >= 0.6 is 15.9 Å². The highest BCUT2D eigenvalue weighted by Crippen LogP contribution is 2.20. The van der Waals surface area contributed by atoms with Gasteiger partial charge in [0.05, 0.1) is 0 Å². The number of anilines is 1. The van der Waals surface area contributed by atoms with Gasteiger partial charge in [0.25, 0.3) is 0 Å². The summed E-state index contributed by atoms with van der Waals surface area (Å²) in [4.78, 5) is 2.42. The summed E-state index contributed by atoms with van der Waals surface area (Å²) >= 11 is 3.50. The first kappa shape index (κ1) is 12.6. The molecule has 0 aromatic heterocycles. The first-order valence-electron chi connectivity index (χ1n) is 5.63. The summed E-state index contributed by atoms with van der Waals surface area (Å²) in [7, 11) is 0. The maximum atomic E-state index is 3.50. The molecule has 0 amide bonds. The predicted octanol–water partition coefficient (Wildman–Crippen LogP) is 4.13. The van der Waals surface area contributed by atoms with Gasteiger partial charge in [-0.1, -0.05) is 28.9 Å². The van der Waals surface area contributed by atoms with E-state index in [1.54, 1.807) is 0 Å². The highest BCUT2D eigenvalue weighted by Gasteiger charge is 2.04. The standard InChI is InChI=1S/C13H20BrN/c1-4-8-15(5-2)13-7-6-12(10-14)11(3)9-13/h6-7,9H,4-5,8,10H2,1-3H3. The largest absolute Gasteiger partial charge is 0.372 e. The van der Waals surface area contributed by atoms with Crippen molar-refractivity contribution in [1.29, 1.82) is 0 Å². The molecule has 0 saturated carbocycles. The first-order chi connectivity index (χ1) is 7.22. The number of benzene rings is 1. The molecule has 15 heavy (non-hydrogen) atoms.